The lowest BCUT2D eigenvalue weighted by atomic mass is 10.1. The molecule has 1 fully saturated rings. The van der Waals surface area contributed by atoms with Gasteiger partial charge in [-0.3, -0.25) is 4.98 Å². The van der Waals surface area contributed by atoms with Crippen molar-refractivity contribution in [1.82, 2.24) is 19.9 Å². The first-order valence-electron chi connectivity index (χ1n) is 12.5. The van der Waals surface area contributed by atoms with Gasteiger partial charge in [-0.25, -0.2) is 9.97 Å². The van der Waals surface area contributed by atoms with Crippen LogP contribution in [0, 0.1) is 12.8 Å². The minimum atomic E-state index is -4.78. The molecule has 5 atom stereocenters. The maximum atomic E-state index is 12.5. The van der Waals surface area contributed by atoms with E-state index in [0.29, 0.717) is 39.6 Å². The lowest BCUT2D eigenvalue weighted by Gasteiger charge is -2.22. The molecule has 1 saturated carbocycles. The summed E-state index contributed by atoms with van der Waals surface area (Å²) < 4.78 is 42.4. The van der Waals surface area contributed by atoms with Gasteiger partial charge in [0.1, 0.15) is 28.2 Å². The van der Waals surface area contributed by atoms with E-state index in [1.807, 2.05) is 13.0 Å². The molecule has 1 aliphatic rings. The number of thiazole rings is 1. The summed E-state index contributed by atoms with van der Waals surface area (Å²) in [5.74, 6) is -0.204. The number of hydrogen-bond acceptors (Lipinski definition) is 11. The normalized spacial score (nSPS) is 21.9. The van der Waals surface area contributed by atoms with Crippen molar-refractivity contribution < 1.29 is 33.2 Å². The second-order valence-corrected chi connectivity index (χ2v) is 10.6. The summed E-state index contributed by atoms with van der Waals surface area (Å²) in [6.07, 6.45) is -3.35. The van der Waals surface area contributed by atoms with Crippen molar-refractivity contribution in [3.05, 3.63) is 54.0 Å². The van der Waals surface area contributed by atoms with Crippen molar-refractivity contribution in [3.8, 4) is 16.3 Å². The Morgan fingerprint density at radius 2 is 1.85 bits per heavy atom. The SMILES string of the molecule is Cc1nc(N[C@H](C)c2ccc(OC(F)(F)F)cc2)nc(NC2C[C@H](CO)[C@@H](O)[C@H]2O)c1-c1nc2cnccc2s1. The predicted octanol–water partition coefficient (Wildman–Crippen LogP) is 4.04. The first-order chi connectivity index (χ1) is 19.0. The Kier molecular flexibility index (Phi) is 7.77. The highest BCUT2D eigenvalue weighted by Gasteiger charge is 2.41. The molecule has 1 aliphatic carbocycles. The average molecular weight is 577 g/mol. The zero-order valence-electron chi connectivity index (χ0n) is 21.4. The molecule has 0 saturated heterocycles. The number of nitrogens with zero attached hydrogens (tertiary/aromatic N) is 4. The van der Waals surface area contributed by atoms with E-state index < -0.39 is 30.5 Å². The Balaban J connectivity index is 1.46. The van der Waals surface area contributed by atoms with Crippen molar-refractivity contribution in [3.63, 3.8) is 0 Å². The maximum Gasteiger partial charge on any atom is 0.573 e. The number of rotatable bonds is 8. The molecule has 0 spiro atoms. The molecule has 5 rings (SSSR count). The van der Waals surface area contributed by atoms with E-state index in [2.05, 4.69) is 35.3 Å². The Bertz CT molecular complexity index is 1450. The quantitative estimate of drug-likeness (QED) is 0.208. The van der Waals surface area contributed by atoms with Crippen LogP contribution >= 0.6 is 11.3 Å². The predicted molar refractivity (Wildman–Crippen MR) is 143 cm³/mol. The van der Waals surface area contributed by atoms with Crippen molar-refractivity contribution in [2.24, 2.45) is 5.92 Å². The van der Waals surface area contributed by atoms with Crippen LogP contribution < -0.4 is 15.4 Å². The minimum Gasteiger partial charge on any atom is -0.406 e. The molecule has 212 valence electrons. The largest absolute Gasteiger partial charge is 0.573 e. The van der Waals surface area contributed by atoms with Gasteiger partial charge in [-0.2, -0.15) is 4.98 Å². The number of fused-ring (bicyclic) bond motifs is 1. The van der Waals surface area contributed by atoms with Crippen molar-refractivity contribution >= 4 is 33.3 Å². The van der Waals surface area contributed by atoms with E-state index in [4.69, 9.17) is 0 Å². The fourth-order valence-corrected chi connectivity index (χ4v) is 5.77. The highest BCUT2D eigenvalue weighted by molar-refractivity contribution is 7.21. The number of nitrogens with one attached hydrogen (secondary N) is 2. The fourth-order valence-electron chi connectivity index (χ4n) is 4.74. The van der Waals surface area contributed by atoms with Gasteiger partial charge in [-0.05, 0) is 44.0 Å². The molecule has 3 heterocycles. The van der Waals surface area contributed by atoms with Gasteiger partial charge < -0.3 is 30.7 Å². The van der Waals surface area contributed by atoms with Crippen LogP contribution in [0.25, 0.3) is 20.8 Å². The van der Waals surface area contributed by atoms with E-state index >= 15 is 0 Å². The van der Waals surface area contributed by atoms with E-state index in [1.165, 1.54) is 35.6 Å². The molecule has 0 aliphatic heterocycles. The molecular weight excluding hydrogens is 549 g/mol. The molecule has 14 heteroatoms. The van der Waals surface area contributed by atoms with Crippen LogP contribution in [0.3, 0.4) is 0 Å². The Morgan fingerprint density at radius 3 is 2.50 bits per heavy atom. The molecule has 4 aromatic rings. The average Bonchev–Trinajstić information content (AvgIpc) is 3.44. The minimum absolute atomic E-state index is 0.237. The molecule has 1 aromatic carbocycles. The van der Waals surface area contributed by atoms with Gasteiger partial charge in [0.05, 0.1) is 40.3 Å². The number of aliphatic hydroxyl groups is 3. The zero-order valence-corrected chi connectivity index (χ0v) is 22.2. The Labute approximate surface area is 230 Å². The lowest BCUT2D eigenvalue weighted by Crippen LogP contribution is -2.35. The second kappa shape index (κ2) is 11.1. The van der Waals surface area contributed by atoms with Crippen molar-refractivity contribution in [2.75, 3.05) is 17.2 Å². The Morgan fingerprint density at radius 1 is 1.10 bits per heavy atom. The fraction of sp³-hybridized carbons (Fsp3) is 0.385. The molecule has 0 amide bonds. The number of anilines is 2. The van der Waals surface area contributed by atoms with E-state index in [0.717, 1.165) is 4.70 Å². The lowest BCUT2D eigenvalue weighted by molar-refractivity contribution is -0.274. The third kappa shape index (κ3) is 5.94. The number of aryl methyl sites for hydroxylation is 1. The molecule has 40 heavy (non-hydrogen) atoms. The third-order valence-corrected chi connectivity index (χ3v) is 7.87. The van der Waals surface area contributed by atoms with Gasteiger partial charge in [-0.15, -0.1) is 24.5 Å². The monoisotopic (exact) mass is 576 g/mol. The second-order valence-electron chi connectivity index (χ2n) is 9.61. The van der Waals surface area contributed by atoms with Gasteiger partial charge in [0.15, 0.2) is 0 Å². The third-order valence-electron chi connectivity index (χ3n) is 6.81. The van der Waals surface area contributed by atoms with Gasteiger partial charge in [0, 0.05) is 18.7 Å². The molecule has 5 N–H and O–H groups in total. The van der Waals surface area contributed by atoms with E-state index in [1.54, 1.807) is 19.3 Å². The summed E-state index contributed by atoms with van der Waals surface area (Å²) in [6, 6.07) is 6.36. The van der Waals surface area contributed by atoms with Crippen LogP contribution in [0.15, 0.2) is 42.7 Å². The number of alkyl halides is 3. The number of benzene rings is 1. The van der Waals surface area contributed by atoms with Gasteiger partial charge in [-0.1, -0.05) is 12.1 Å². The number of pyridine rings is 1. The number of aromatic nitrogens is 4. The molecule has 1 unspecified atom stereocenters. The standard InChI is InChI=1S/C26H27F3N6O4S/c1-12(14-3-5-16(6-4-14)39-26(27,28)29)31-25-32-13(2)20(24-34-18-10-30-8-7-19(18)40-24)23(35-25)33-17-9-15(11-36)21(37)22(17)38/h3-8,10,12,15,17,21-22,36-38H,9,11H2,1-2H3,(H2,31,32,33,35)/t12-,15-,17?,21-,22+/m1/s1. The highest BCUT2D eigenvalue weighted by atomic mass is 32.1. The number of halogens is 3. The highest BCUT2D eigenvalue weighted by Crippen LogP contribution is 2.38. The molecule has 3 aromatic heterocycles. The topological polar surface area (TPSA) is 146 Å². The number of ether oxygens (including phenoxy) is 1. The summed E-state index contributed by atoms with van der Waals surface area (Å²) in [7, 11) is 0. The summed E-state index contributed by atoms with van der Waals surface area (Å²) in [6.45, 7) is 3.33. The molecular formula is C26H27F3N6O4S. The van der Waals surface area contributed by atoms with Gasteiger partial charge in [0.2, 0.25) is 5.95 Å². The maximum absolute atomic E-state index is 12.5. The van der Waals surface area contributed by atoms with E-state index in [9.17, 15) is 28.5 Å². The smallest absolute Gasteiger partial charge is 0.406 e. The summed E-state index contributed by atoms with van der Waals surface area (Å²) in [5.41, 5.74) is 2.58. The number of aliphatic hydroxyl groups excluding tert-OH is 3. The summed E-state index contributed by atoms with van der Waals surface area (Å²) >= 11 is 1.43. The van der Waals surface area contributed by atoms with Crippen LogP contribution in [0.4, 0.5) is 24.9 Å². The summed E-state index contributed by atoms with van der Waals surface area (Å²) in [4.78, 5) is 18.1. The van der Waals surface area contributed by atoms with Crippen LogP contribution in [0.2, 0.25) is 0 Å². The van der Waals surface area contributed by atoms with Crippen molar-refractivity contribution in [1.29, 1.82) is 0 Å². The Hall–Kier alpha value is -3.59. The summed E-state index contributed by atoms with van der Waals surface area (Å²) in [5, 5.41) is 37.6. The molecule has 0 radical (unpaired) electrons. The first-order valence-corrected chi connectivity index (χ1v) is 13.3. The van der Waals surface area contributed by atoms with Crippen LogP contribution in [-0.2, 0) is 0 Å². The number of hydrogen-bond donors (Lipinski definition) is 5. The first kappa shape index (κ1) is 28.0. The van der Waals surface area contributed by atoms with Crippen LogP contribution in [0.5, 0.6) is 5.75 Å². The van der Waals surface area contributed by atoms with E-state index in [-0.39, 0.29) is 24.3 Å². The van der Waals surface area contributed by atoms with Gasteiger partial charge in [0.25, 0.3) is 0 Å². The van der Waals surface area contributed by atoms with Crippen LogP contribution in [0.1, 0.15) is 30.6 Å². The van der Waals surface area contributed by atoms with Crippen LogP contribution in [-0.4, -0.2) is 66.5 Å². The zero-order chi connectivity index (χ0) is 28.6. The van der Waals surface area contributed by atoms with Gasteiger partial charge >= 0.3 is 6.36 Å². The molecule has 10 nitrogen and oxygen atoms in total. The molecule has 0 bridgehead atoms. The van der Waals surface area contributed by atoms with Crippen molar-refractivity contribution in [2.45, 2.75) is 50.9 Å².